The molecule has 0 fully saturated rings. The number of methoxy groups -OCH3 is 1. The first-order valence-electron chi connectivity index (χ1n) is 8.23. The topological polar surface area (TPSA) is 54.1 Å². The second-order valence-corrected chi connectivity index (χ2v) is 5.85. The number of aromatic nitrogens is 1. The molecule has 3 aromatic rings. The van der Waals surface area contributed by atoms with Gasteiger partial charge in [-0.15, -0.1) is 0 Å². The maximum absolute atomic E-state index is 12.1. The number of carbonyl (C=O) groups excluding carboxylic acids is 1. The van der Waals surface area contributed by atoms with E-state index < -0.39 is 0 Å². The number of aromatic amines is 1. The SMILES string of the molecule is CCCC(=O)Nc1c(Cc2ccc(OC)cc2)[nH]c2ccccc12. The molecule has 0 aliphatic heterocycles. The normalized spacial score (nSPS) is 10.8. The van der Waals surface area contributed by atoms with E-state index in [0.29, 0.717) is 6.42 Å². The summed E-state index contributed by atoms with van der Waals surface area (Å²) < 4.78 is 5.21. The summed E-state index contributed by atoms with van der Waals surface area (Å²) >= 11 is 0. The molecule has 0 bridgehead atoms. The molecule has 0 saturated heterocycles. The highest BCUT2D eigenvalue weighted by Gasteiger charge is 2.14. The smallest absolute Gasteiger partial charge is 0.224 e. The molecular formula is C20H22N2O2. The molecule has 1 heterocycles. The number of anilines is 1. The number of para-hydroxylation sites is 1. The van der Waals surface area contributed by atoms with Gasteiger partial charge >= 0.3 is 0 Å². The van der Waals surface area contributed by atoms with Crippen molar-refractivity contribution in [2.24, 2.45) is 0 Å². The minimum absolute atomic E-state index is 0.0539. The third-order valence-electron chi connectivity index (χ3n) is 4.07. The maximum Gasteiger partial charge on any atom is 0.224 e. The molecule has 3 rings (SSSR count). The van der Waals surface area contributed by atoms with Crippen molar-refractivity contribution in [3.63, 3.8) is 0 Å². The van der Waals surface area contributed by atoms with Gasteiger partial charge in [0.2, 0.25) is 5.91 Å². The number of nitrogens with one attached hydrogen (secondary N) is 2. The number of carbonyl (C=O) groups is 1. The van der Waals surface area contributed by atoms with Gasteiger partial charge in [-0.2, -0.15) is 0 Å². The quantitative estimate of drug-likeness (QED) is 0.702. The third-order valence-corrected chi connectivity index (χ3v) is 4.07. The Kier molecular flexibility index (Phi) is 4.85. The van der Waals surface area contributed by atoms with Gasteiger partial charge in [0.15, 0.2) is 0 Å². The maximum atomic E-state index is 12.1. The molecule has 0 radical (unpaired) electrons. The zero-order chi connectivity index (χ0) is 16.9. The molecule has 24 heavy (non-hydrogen) atoms. The van der Waals surface area contributed by atoms with Crippen LogP contribution in [0.5, 0.6) is 5.75 Å². The molecule has 2 N–H and O–H groups in total. The third kappa shape index (κ3) is 3.43. The van der Waals surface area contributed by atoms with Crippen LogP contribution in [0.25, 0.3) is 10.9 Å². The van der Waals surface area contributed by atoms with Crippen LogP contribution in [0.4, 0.5) is 5.69 Å². The van der Waals surface area contributed by atoms with E-state index >= 15 is 0 Å². The molecule has 4 nitrogen and oxygen atoms in total. The Balaban J connectivity index is 1.94. The van der Waals surface area contributed by atoms with Crippen molar-refractivity contribution in [2.45, 2.75) is 26.2 Å². The van der Waals surface area contributed by atoms with E-state index in [1.54, 1.807) is 7.11 Å². The van der Waals surface area contributed by atoms with Crippen molar-refractivity contribution in [1.29, 1.82) is 0 Å². The van der Waals surface area contributed by atoms with E-state index in [2.05, 4.69) is 10.3 Å². The van der Waals surface area contributed by atoms with Gasteiger partial charge in [0.1, 0.15) is 5.75 Å². The van der Waals surface area contributed by atoms with E-state index in [1.165, 1.54) is 0 Å². The van der Waals surface area contributed by atoms with Crippen molar-refractivity contribution in [2.75, 3.05) is 12.4 Å². The van der Waals surface area contributed by atoms with Gasteiger partial charge in [-0.1, -0.05) is 37.3 Å². The zero-order valence-corrected chi connectivity index (χ0v) is 14.1. The monoisotopic (exact) mass is 322 g/mol. The Bertz CT molecular complexity index is 834. The van der Waals surface area contributed by atoms with E-state index in [9.17, 15) is 4.79 Å². The standard InChI is InChI=1S/C20H22N2O2/c1-3-6-19(23)22-20-16-7-4-5-8-17(16)21-18(20)13-14-9-11-15(24-2)12-10-14/h4-5,7-12,21H,3,6,13H2,1-2H3,(H,22,23). The lowest BCUT2D eigenvalue weighted by atomic mass is 10.1. The molecule has 1 amide bonds. The van der Waals surface area contributed by atoms with Gasteiger partial charge in [-0.25, -0.2) is 0 Å². The predicted molar refractivity (Wildman–Crippen MR) is 97.6 cm³/mol. The number of amides is 1. The van der Waals surface area contributed by atoms with Crippen LogP contribution in [0.3, 0.4) is 0 Å². The lowest BCUT2D eigenvalue weighted by Crippen LogP contribution is -2.11. The molecule has 0 atom stereocenters. The lowest BCUT2D eigenvalue weighted by Gasteiger charge is -2.08. The molecule has 2 aromatic carbocycles. The highest BCUT2D eigenvalue weighted by molar-refractivity contribution is 6.03. The summed E-state index contributed by atoms with van der Waals surface area (Å²) in [6, 6.07) is 16.0. The van der Waals surface area contributed by atoms with Gasteiger partial charge in [-0.3, -0.25) is 4.79 Å². The fourth-order valence-corrected chi connectivity index (χ4v) is 2.85. The second kappa shape index (κ2) is 7.21. The van der Waals surface area contributed by atoms with Crippen LogP contribution in [-0.4, -0.2) is 18.0 Å². The Morgan fingerprint density at radius 3 is 2.58 bits per heavy atom. The van der Waals surface area contributed by atoms with Gasteiger partial charge in [-0.05, 0) is 30.2 Å². The number of benzene rings is 2. The fraction of sp³-hybridized carbons (Fsp3) is 0.250. The molecule has 124 valence electrons. The van der Waals surface area contributed by atoms with Gasteiger partial charge in [0.05, 0.1) is 12.8 Å². The largest absolute Gasteiger partial charge is 0.497 e. The van der Waals surface area contributed by atoms with E-state index in [-0.39, 0.29) is 5.91 Å². The molecule has 0 aliphatic rings. The molecule has 0 unspecified atom stereocenters. The Morgan fingerprint density at radius 1 is 1.12 bits per heavy atom. The van der Waals surface area contributed by atoms with Crippen molar-refractivity contribution in [3.8, 4) is 5.75 Å². The summed E-state index contributed by atoms with van der Waals surface area (Å²) in [5.41, 5.74) is 4.10. The van der Waals surface area contributed by atoms with Gasteiger partial charge in [0, 0.05) is 29.4 Å². The van der Waals surface area contributed by atoms with Crippen LogP contribution in [0, 0.1) is 0 Å². The van der Waals surface area contributed by atoms with Crippen LogP contribution in [-0.2, 0) is 11.2 Å². The number of ether oxygens (including phenoxy) is 1. The minimum Gasteiger partial charge on any atom is -0.497 e. The Hall–Kier alpha value is -2.75. The minimum atomic E-state index is 0.0539. The van der Waals surface area contributed by atoms with Crippen LogP contribution >= 0.6 is 0 Å². The summed E-state index contributed by atoms with van der Waals surface area (Å²) in [6.45, 7) is 2.01. The van der Waals surface area contributed by atoms with Crippen molar-refractivity contribution in [3.05, 3.63) is 59.8 Å². The summed E-state index contributed by atoms with van der Waals surface area (Å²) in [5.74, 6) is 0.894. The Labute approximate surface area is 141 Å². The number of hydrogen-bond acceptors (Lipinski definition) is 2. The average molecular weight is 322 g/mol. The number of hydrogen-bond donors (Lipinski definition) is 2. The van der Waals surface area contributed by atoms with Crippen molar-refractivity contribution in [1.82, 2.24) is 4.98 Å². The number of rotatable bonds is 6. The molecule has 0 aliphatic carbocycles. The van der Waals surface area contributed by atoms with E-state index in [0.717, 1.165) is 46.4 Å². The highest BCUT2D eigenvalue weighted by Crippen LogP contribution is 2.30. The first-order chi connectivity index (χ1) is 11.7. The van der Waals surface area contributed by atoms with Crippen molar-refractivity contribution >= 4 is 22.5 Å². The Morgan fingerprint density at radius 2 is 1.88 bits per heavy atom. The first-order valence-corrected chi connectivity index (χ1v) is 8.23. The van der Waals surface area contributed by atoms with Crippen molar-refractivity contribution < 1.29 is 9.53 Å². The molecular weight excluding hydrogens is 300 g/mol. The summed E-state index contributed by atoms with van der Waals surface area (Å²) in [5, 5.41) is 4.13. The van der Waals surface area contributed by atoms with Gasteiger partial charge < -0.3 is 15.0 Å². The first kappa shape index (κ1) is 16.1. The van der Waals surface area contributed by atoms with Crippen LogP contribution in [0.15, 0.2) is 48.5 Å². The molecule has 0 spiro atoms. The second-order valence-electron chi connectivity index (χ2n) is 5.85. The van der Waals surface area contributed by atoms with Crippen LogP contribution in [0.1, 0.15) is 31.0 Å². The van der Waals surface area contributed by atoms with Crippen LogP contribution in [0.2, 0.25) is 0 Å². The summed E-state index contributed by atoms with van der Waals surface area (Å²) in [7, 11) is 1.66. The summed E-state index contributed by atoms with van der Waals surface area (Å²) in [4.78, 5) is 15.5. The lowest BCUT2D eigenvalue weighted by molar-refractivity contribution is -0.116. The predicted octanol–water partition coefficient (Wildman–Crippen LogP) is 4.51. The zero-order valence-electron chi connectivity index (χ0n) is 14.1. The fourth-order valence-electron chi connectivity index (χ4n) is 2.85. The highest BCUT2D eigenvalue weighted by atomic mass is 16.5. The molecule has 1 aromatic heterocycles. The number of fused-ring (bicyclic) bond motifs is 1. The number of H-pyrrole nitrogens is 1. The van der Waals surface area contributed by atoms with Crippen LogP contribution < -0.4 is 10.1 Å². The van der Waals surface area contributed by atoms with Gasteiger partial charge in [0.25, 0.3) is 0 Å². The molecule has 0 saturated carbocycles. The average Bonchev–Trinajstić information content (AvgIpc) is 2.93. The summed E-state index contributed by atoms with van der Waals surface area (Å²) in [6.07, 6.45) is 2.09. The van der Waals surface area contributed by atoms with E-state index in [4.69, 9.17) is 4.74 Å². The van der Waals surface area contributed by atoms with E-state index in [1.807, 2.05) is 55.5 Å². The molecule has 4 heteroatoms.